The molecule has 0 amide bonds. The lowest BCUT2D eigenvalue weighted by molar-refractivity contribution is 0.475. The van der Waals surface area contributed by atoms with Crippen molar-refractivity contribution < 1.29 is 4.74 Å². The molecule has 0 spiro atoms. The predicted octanol–water partition coefficient (Wildman–Crippen LogP) is 3.90. The smallest absolute Gasteiger partial charge is 0.264 e. The second-order valence-electron chi connectivity index (χ2n) is 6.13. The molecule has 0 saturated heterocycles. The minimum Gasteiger partial charge on any atom is -0.457 e. The lowest BCUT2D eigenvalue weighted by Crippen LogP contribution is -2.07. The number of nitriles is 1. The number of aryl methyl sites for hydroxylation is 2. The Labute approximate surface area is 151 Å². The first kappa shape index (κ1) is 17.4. The zero-order chi connectivity index (χ0) is 18.5. The fourth-order valence-corrected chi connectivity index (χ4v) is 2.78. The maximum atomic E-state index is 11.1. The lowest BCUT2D eigenvalue weighted by atomic mass is 10.0. The van der Waals surface area contributed by atoms with Crippen LogP contribution in [0.25, 0.3) is 0 Å². The number of nitrogens with zero attached hydrogens (tertiary/aromatic N) is 2. The van der Waals surface area contributed by atoms with Gasteiger partial charge in [0.05, 0.1) is 17.3 Å². The quantitative estimate of drug-likeness (QED) is 0.761. The first-order chi connectivity index (χ1) is 12.6. The second kappa shape index (κ2) is 7.66. The molecule has 5 nitrogen and oxygen atoms in total. The van der Waals surface area contributed by atoms with Crippen LogP contribution in [-0.4, -0.2) is 10.2 Å². The Bertz CT molecular complexity index is 1010. The summed E-state index contributed by atoms with van der Waals surface area (Å²) in [6.45, 7) is 4.01. The van der Waals surface area contributed by atoms with Crippen molar-refractivity contribution in [2.24, 2.45) is 0 Å². The van der Waals surface area contributed by atoms with E-state index < -0.39 is 0 Å². The van der Waals surface area contributed by atoms with Gasteiger partial charge in [-0.25, -0.2) is 5.10 Å². The van der Waals surface area contributed by atoms with Crippen LogP contribution in [-0.2, 0) is 12.8 Å². The monoisotopic (exact) mass is 345 g/mol. The molecule has 1 aromatic heterocycles. The summed E-state index contributed by atoms with van der Waals surface area (Å²) < 4.78 is 6.09. The summed E-state index contributed by atoms with van der Waals surface area (Å²) in [5, 5.41) is 15.6. The number of aromatic nitrogens is 2. The van der Waals surface area contributed by atoms with Gasteiger partial charge in [0.2, 0.25) is 0 Å². The number of rotatable bonds is 5. The van der Waals surface area contributed by atoms with Gasteiger partial charge in [-0.15, -0.1) is 0 Å². The third kappa shape index (κ3) is 4.17. The normalized spacial score (nSPS) is 10.3. The molecule has 0 bridgehead atoms. The van der Waals surface area contributed by atoms with Crippen LogP contribution in [0.3, 0.4) is 0 Å². The van der Waals surface area contributed by atoms with E-state index in [4.69, 9.17) is 10.00 Å². The van der Waals surface area contributed by atoms with Crippen LogP contribution in [0.15, 0.2) is 53.3 Å². The molecule has 130 valence electrons. The molecule has 1 N–H and O–H groups in total. The lowest BCUT2D eigenvalue weighted by Gasteiger charge is -2.13. The van der Waals surface area contributed by atoms with Gasteiger partial charge >= 0.3 is 0 Å². The number of H-pyrrole nitrogens is 1. The van der Waals surface area contributed by atoms with Gasteiger partial charge in [-0.1, -0.05) is 19.1 Å². The van der Waals surface area contributed by atoms with Crippen molar-refractivity contribution >= 4 is 0 Å². The Balaban J connectivity index is 1.90. The number of nitrogens with one attached hydrogen (secondary N) is 1. The van der Waals surface area contributed by atoms with Crippen molar-refractivity contribution in [3.05, 3.63) is 86.8 Å². The molecule has 3 rings (SSSR count). The molecule has 5 heteroatoms. The molecule has 0 aliphatic rings. The van der Waals surface area contributed by atoms with Gasteiger partial charge in [-0.05, 0) is 60.4 Å². The van der Waals surface area contributed by atoms with E-state index in [2.05, 4.69) is 23.2 Å². The van der Waals surface area contributed by atoms with Crippen LogP contribution in [0.2, 0.25) is 0 Å². The predicted molar refractivity (Wildman–Crippen MR) is 99.5 cm³/mol. The first-order valence-corrected chi connectivity index (χ1v) is 8.43. The average molecular weight is 345 g/mol. The maximum absolute atomic E-state index is 11.1. The van der Waals surface area contributed by atoms with Crippen molar-refractivity contribution in [1.29, 1.82) is 5.26 Å². The molecule has 26 heavy (non-hydrogen) atoms. The summed E-state index contributed by atoms with van der Waals surface area (Å²) in [6, 6.07) is 16.9. The van der Waals surface area contributed by atoms with Gasteiger partial charge < -0.3 is 4.74 Å². The Hall–Kier alpha value is -3.39. The molecule has 0 fully saturated rings. The van der Waals surface area contributed by atoms with E-state index in [0.29, 0.717) is 17.7 Å². The van der Waals surface area contributed by atoms with E-state index in [0.717, 1.165) is 34.6 Å². The largest absolute Gasteiger partial charge is 0.457 e. The summed E-state index contributed by atoms with van der Waals surface area (Å²) >= 11 is 0. The molecule has 0 atom stereocenters. The summed E-state index contributed by atoms with van der Waals surface area (Å²) in [6.07, 6.45) is 1.43. The van der Waals surface area contributed by atoms with Gasteiger partial charge in [-0.3, -0.25) is 4.79 Å². The molecule has 0 aliphatic heterocycles. The average Bonchev–Trinajstić information content (AvgIpc) is 2.63. The molecular weight excluding hydrogens is 326 g/mol. The summed E-state index contributed by atoms with van der Waals surface area (Å²) in [5.41, 5.74) is 4.24. The van der Waals surface area contributed by atoms with Crippen molar-refractivity contribution in [3.63, 3.8) is 0 Å². The van der Waals surface area contributed by atoms with E-state index in [1.807, 2.05) is 37.3 Å². The van der Waals surface area contributed by atoms with Crippen LogP contribution in [0.1, 0.15) is 34.9 Å². The van der Waals surface area contributed by atoms with Crippen LogP contribution < -0.4 is 10.3 Å². The molecule has 0 aliphatic carbocycles. The molecule has 0 unspecified atom stereocenters. The highest BCUT2D eigenvalue weighted by atomic mass is 16.5. The molecule has 1 heterocycles. The Kier molecular flexibility index (Phi) is 5.14. The Morgan fingerprint density at radius 1 is 1.15 bits per heavy atom. The molecule has 3 aromatic rings. The Morgan fingerprint density at radius 3 is 2.69 bits per heavy atom. The highest BCUT2D eigenvalue weighted by molar-refractivity contribution is 5.45. The summed E-state index contributed by atoms with van der Waals surface area (Å²) in [4.78, 5) is 11.1. The molecular formula is C21H19N3O2. The highest BCUT2D eigenvalue weighted by Crippen LogP contribution is 2.29. The highest BCUT2D eigenvalue weighted by Gasteiger charge is 2.08. The summed E-state index contributed by atoms with van der Waals surface area (Å²) in [7, 11) is 0. The second-order valence-corrected chi connectivity index (χ2v) is 6.13. The standard InChI is InChI=1S/C21H19N3O2/c1-3-17-5-4-15(10-18-6-7-21(25)24-23-18)12-20(17)26-19-9-14(2)8-16(11-19)13-22/h4-9,11-12H,3,10H2,1-2H3,(H,24,25). The molecule has 2 aromatic carbocycles. The summed E-state index contributed by atoms with van der Waals surface area (Å²) in [5.74, 6) is 1.42. The molecule has 0 saturated carbocycles. The van der Waals surface area contributed by atoms with Gasteiger partial charge in [0.25, 0.3) is 5.56 Å². The van der Waals surface area contributed by atoms with Crippen LogP contribution in [0.5, 0.6) is 11.5 Å². The van der Waals surface area contributed by atoms with E-state index in [1.165, 1.54) is 6.07 Å². The first-order valence-electron chi connectivity index (χ1n) is 8.43. The zero-order valence-corrected chi connectivity index (χ0v) is 14.7. The fraction of sp³-hybridized carbons (Fsp3) is 0.190. The van der Waals surface area contributed by atoms with E-state index in [9.17, 15) is 4.79 Å². The Morgan fingerprint density at radius 2 is 2.00 bits per heavy atom. The van der Waals surface area contributed by atoms with Gasteiger partial charge in [-0.2, -0.15) is 10.4 Å². The van der Waals surface area contributed by atoms with Crippen LogP contribution in [0.4, 0.5) is 0 Å². The topological polar surface area (TPSA) is 78.8 Å². The third-order valence-electron chi connectivity index (χ3n) is 4.04. The SMILES string of the molecule is CCc1ccc(Cc2ccc(=O)[nH]n2)cc1Oc1cc(C)cc(C#N)c1. The van der Waals surface area contributed by atoms with Gasteiger partial charge in [0.1, 0.15) is 11.5 Å². The van der Waals surface area contributed by atoms with Crippen molar-refractivity contribution in [2.45, 2.75) is 26.7 Å². The van der Waals surface area contributed by atoms with E-state index >= 15 is 0 Å². The number of hydrogen-bond donors (Lipinski definition) is 1. The number of aromatic amines is 1. The maximum Gasteiger partial charge on any atom is 0.264 e. The zero-order valence-electron chi connectivity index (χ0n) is 14.7. The van der Waals surface area contributed by atoms with Crippen molar-refractivity contribution in [2.75, 3.05) is 0 Å². The van der Waals surface area contributed by atoms with E-state index in [-0.39, 0.29) is 5.56 Å². The molecule has 0 radical (unpaired) electrons. The van der Waals surface area contributed by atoms with Crippen molar-refractivity contribution in [1.82, 2.24) is 10.2 Å². The minimum atomic E-state index is -0.216. The number of benzene rings is 2. The van der Waals surface area contributed by atoms with Gasteiger partial charge in [0, 0.05) is 12.5 Å². The number of hydrogen-bond acceptors (Lipinski definition) is 4. The minimum absolute atomic E-state index is 0.216. The van der Waals surface area contributed by atoms with Crippen LogP contribution in [0, 0.1) is 18.3 Å². The number of ether oxygens (including phenoxy) is 1. The van der Waals surface area contributed by atoms with E-state index in [1.54, 1.807) is 12.1 Å². The van der Waals surface area contributed by atoms with Crippen LogP contribution >= 0.6 is 0 Å². The van der Waals surface area contributed by atoms with Gasteiger partial charge in [0.15, 0.2) is 0 Å². The van der Waals surface area contributed by atoms with Crippen molar-refractivity contribution in [3.8, 4) is 17.6 Å². The fourth-order valence-electron chi connectivity index (χ4n) is 2.78. The third-order valence-corrected chi connectivity index (χ3v) is 4.04.